The van der Waals surface area contributed by atoms with E-state index >= 15 is 0 Å². The lowest BCUT2D eigenvalue weighted by Gasteiger charge is -2.32. The Morgan fingerprint density at radius 3 is 2.58 bits per heavy atom. The first kappa shape index (κ1) is 12.0. The molecule has 1 aliphatic heterocycles. The van der Waals surface area contributed by atoms with Crippen LogP contribution in [0.1, 0.15) is 29.0 Å². The van der Waals surface area contributed by atoms with Crippen LogP contribution >= 0.6 is 0 Å². The third kappa shape index (κ3) is 2.03. The number of anilines is 1. The smallest absolute Gasteiger partial charge is 0.227 e. The summed E-state index contributed by atoms with van der Waals surface area (Å²) in [6, 6.07) is 16.6. The van der Waals surface area contributed by atoms with Crippen molar-refractivity contribution in [1.82, 2.24) is 0 Å². The Bertz CT molecular complexity index is 618. The number of amides is 1. The van der Waals surface area contributed by atoms with Crippen molar-refractivity contribution in [3.63, 3.8) is 0 Å². The summed E-state index contributed by atoms with van der Waals surface area (Å²) in [7, 11) is 1.86. The highest BCUT2D eigenvalue weighted by atomic mass is 16.2. The van der Waals surface area contributed by atoms with Gasteiger partial charge in [-0.25, -0.2) is 0 Å². The maximum atomic E-state index is 12.2. The van der Waals surface area contributed by atoms with Gasteiger partial charge in [0.15, 0.2) is 0 Å². The number of rotatable bonds is 1. The Kier molecular flexibility index (Phi) is 2.86. The Hall–Kier alpha value is -2.09. The Morgan fingerprint density at radius 2 is 1.84 bits per heavy atom. The molecule has 2 nitrogen and oxygen atoms in total. The molecule has 0 saturated heterocycles. The van der Waals surface area contributed by atoms with Crippen LogP contribution in [0, 0.1) is 6.92 Å². The molecule has 2 aromatic rings. The predicted octanol–water partition coefficient (Wildman–Crippen LogP) is 3.49. The first-order valence-corrected chi connectivity index (χ1v) is 6.59. The van der Waals surface area contributed by atoms with Gasteiger partial charge in [0.05, 0.1) is 0 Å². The van der Waals surface area contributed by atoms with Crippen molar-refractivity contribution >= 4 is 11.6 Å². The number of nitrogens with zero attached hydrogens (tertiary/aromatic N) is 1. The molecule has 0 fully saturated rings. The monoisotopic (exact) mass is 251 g/mol. The Morgan fingerprint density at radius 1 is 1.11 bits per heavy atom. The molecule has 0 spiro atoms. The van der Waals surface area contributed by atoms with Crippen LogP contribution in [0.3, 0.4) is 0 Å². The van der Waals surface area contributed by atoms with Gasteiger partial charge in [0.1, 0.15) is 0 Å². The second-order valence-corrected chi connectivity index (χ2v) is 5.18. The van der Waals surface area contributed by atoms with Gasteiger partial charge in [-0.15, -0.1) is 0 Å². The summed E-state index contributed by atoms with van der Waals surface area (Å²) < 4.78 is 0. The number of aryl methyl sites for hydroxylation is 1. The molecule has 1 heterocycles. The quantitative estimate of drug-likeness (QED) is 0.759. The van der Waals surface area contributed by atoms with Gasteiger partial charge in [0, 0.05) is 25.1 Å². The van der Waals surface area contributed by atoms with Crippen LogP contribution in [0.25, 0.3) is 0 Å². The maximum absolute atomic E-state index is 12.2. The fraction of sp³-hybridized carbons (Fsp3) is 0.235. The topological polar surface area (TPSA) is 20.3 Å². The molecule has 1 unspecified atom stereocenters. The van der Waals surface area contributed by atoms with Crippen LogP contribution in [0.15, 0.2) is 48.5 Å². The molecule has 1 aliphatic rings. The highest BCUT2D eigenvalue weighted by Crippen LogP contribution is 2.39. The first-order valence-electron chi connectivity index (χ1n) is 6.59. The SMILES string of the molecule is Cc1ccc2c(c1)C(c1ccccc1)CC(=O)N2C. The summed E-state index contributed by atoms with van der Waals surface area (Å²) in [4.78, 5) is 13.9. The van der Waals surface area contributed by atoms with Gasteiger partial charge in [-0.3, -0.25) is 4.79 Å². The van der Waals surface area contributed by atoms with E-state index in [2.05, 4.69) is 37.3 Å². The van der Waals surface area contributed by atoms with Crippen molar-refractivity contribution in [2.75, 3.05) is 11.9 Å². The van der Waals surface area contributed by atoms with Gasteiger partial charge in [-0.05, 0) is 24.1 Å². The lowest BCUT2D eigenvalue weighted by atomic mass is 9.83. The molecule has 96 valence electrons. The average Bonchev–Trinajstić information content (AvgIpc) is 2.43. The van der Waals surface area contributed by atoms with E-state index in [4.69, 9.17) is 0 Å². The highest BCUT2D eigenvalue weighted by molar-refractivity contribution is 5.97. The predicted molar refractivity (Wildman–Crippen MR) is 77.5 cm³/mol. The summed E-state index contributed by atoms with van der Waals surface area (Å²) in [6.45, 7) is 2.10. The third-order valence-corrected chi connectivity index (χ3v) is 3.87. The van der Waals surface area contributed by atoms with E-state index in [1.54, 1.807) is 4.90 Å². The lowest BCUT2D eigenvalue weighted by molar-refractivity contribution is -0.118. The van der Waals surface area contributed by atoms with Crippen LogP contribution in [0.4, 0.5) is 5.69 Å². The van der Waals surface area contributed by atoms with Crippen LogP contribution in [-0.4, -0.2) is 13.0 Å². The van der Waals surface area contributed by atoms with Gasteiger partial charge in [0.2, 0.25) is 5.91 Å². The summed E-state index contributed by atoms with van der Waals surface area (Å²) in [5, 5.41) is 0. The molecule has 19 heavy (non-hydrogen) atoms. The van der Waals surface area contributed by atoms with Crippen molar-refractivity contribution in [3.05, 3.63) is 65.2 Å². The van der Waals surface area contributed by atoms with Crippen molar-refractivity contribution < 1.29 is 4.79 Å². The molecule has 0 saturated carbocycles. The Labute approximate surface area is 113 Å². The van der Waals surface area contributed by atoms with E-state index in [0.717, 1.165) is 5.69 Å². The minimum absolute atomic E-state index is 0.180. The van der Waals surface area contributed by atoms with Crippen molar-refractivity contribution in [3.8, 4) is 0 Å². The van der Waals surface area contributed by atoms with Gasteiger partial charge in [0.25, 0.3) is 0 Å². The minimum atomic E-state index is 0.180. The van der Waals surface area contributed by atoms with Crippen molar-refractivity contribution in [1.29, 1.82) is 0 Å². The fourth-order valence-electron chi connectivity index (χ4n) is 2.80. The van der Waals surface area contributed by atoms with Gasteiger partial charge in [-0.2, -0.15) is 0 Å². The van der Waals surface area contributed by atoms with Gasteiger partial charge < -0.3 is 4.90 Å². The molecule has 2 heteroatoms. The normalized spacial score (nSPS) is 18.3. The van der Waals surface area contributed by atoms with E-state index in [1.807, 2.05) is 25.2 Å². The second kappa shape index (κ2) is 4.54. The molecule has 0 radical (unpaired) electrons. The molecule has 1 amide bonds. The molecule has 2 aromatic carbocycles. The van der Waals surface area contributed by atoms with E-state index in [-0.39, 0.29) is 11.8 Å². The molecular formula is C17H17NO. The van der Waals surface area contributed by atoms with E-state index in [1.165, 1.54) is 16.7 Å². The number of carbonyl (C=O) groups is 1. The van der Waals surface area contributed by atoms with E-state index in [9.17, 15) is 4.79 Å². The highest BCUT2D eigenvalue weighted by Gasteiger charge is 2.29. The minimum Gasteiger partial charge on any atom is -0.315 e. The summed E-state index contributed by atoms with van der Waals surface area (Å²) in [5.74, 6) is 0.366. The number of fused-ring (bicyclic) bond motifs is 1. The zero-order chi connectivity index (χ0) is 13.4. The summed E-state index contributed by atoms with van der Waals surface area (Å²) in [6.07, 6.45) is 0.553. The molecule has 3 rings (SSSR count). The van der Waals surface area contributed by atoms with Crippen molar-refractivity contribution in [2.45, 2.75) is 19.3 Å². The van der Waals surface area contributed by atoms with Gasteiger partial charge in [-0.1, -0.05) is 48.0 Å². The van der Waals surface area contributed by atoms with E-state index < -0.39 is 0 Å². The van der Waals surface area contributed by atoms with Crippen LogP contribution in [0.5, 0.6) is 0 Å². The molecular weight excluding hydrogens is 234 g/mol. The van der Waals surface area contributed by atoms with E-state index in [0.29, 0.717) is 6.42 Å². The van der Waals surface area contributed by atoms with Gasteiger partial charge >= 0.3 is 0 Å². The molecule has 0 bridgehead atoms. The number of hydrogen-bond acceptors (Lipinski definition) is 1. The standard InChI is InChI=1S/C17H17NO/c1-12-8-9-16-15(10-12)14(11-17(19)18(16)2)13-6-4-3-5-7-13/h3-10,14H,11H2,1-2H3. The van der Waals surface area contributed by atoms with Crippen LogP contribution < -0.4 is 4.90 Å². The van der Waals surface area contributed by atoms with Crippen molar-refractivity contribution in [2.24, 2.45) is 0 Å². The number of benzene rings is 2. The zero-order valence-corrected chi connectivity index (χ0v) is 11.3. The van der Waals surface area contributed by atoms with Crippen LogP contribution in [0.2, 0.25) is 0 Å². The fourth-order valence-corrected chi connectivity index (χ4v) is 2.80. The second-order valence-electron chi connectivity index (χ2n) is 5.18. The molecule has 0 aromatic heterocycles. The zero-order valence-electron chi connectivity index (χ0n) is 11.3. The first-order chi connectivity index (χ1) is 9.16. The summed E-state index contributed by atoms with van der Waals surface area (Å²) >= 11 is 0. The number of hydrogen-bond donors (Lipinski definition) is 0. The molecule has 0 N–H and O–H groups in total. The lowest BCUT2D eigenvalue weighted by Crippen LogP contribution is -2.33. The summed E-state index contributed by atoms with van der Waals surface area (Å²) in [5.41, 5.74) is 4.75. The maximum Gasteiger partial charge on any atom is 0.227 e. The largest absolute Gasteiger partial charge is 0.315 e. The molecule has 1 atom stereocenters. The molecule has 0 aliphatic carbocycles. The average molecular weight is 251 g/mol. The Balaban J connectivity index is 2.15. The number of carbonyl (C=O) groups excluding carboxylic acids is 1. The van der Waals surface area contributed by atoms with Crippen LogP contribution in [-0.2, 0) is 4.79 Å². The third-order valence-electron chi connectivity index (χ3n) is 3.87.